The van der Waals surface area contributed by atoms with E-state index in [4.69, 9.17) is 14.0 Å². The van der Waals surface area contributed by atoms with E-state index in [1.54, 1.807) is 13.8 Å². The highest BCUT2D eigenvalue weighted by molar-refractivity contribution is 7.87. The number of carbonyl (C=O) groups excluding carboxylic acids is 2. The molecule has 0 radical (unpaired) electrons. The number of esters is 2. The summed E-state index contributed by atoms with van der Waals surface area (Å²) in [4.78, 5) is 24.3. The lowest BCUT2D eigenvalue weighted by Gasteiger charge is -2.38. The van der Waals surface area contributed by atoms with Crippen LogP contribution in [-0.2, 0) is 33.9 Å². The van der Waals surface area contributed by atoms with Crippen LogP contribution in [0.2, 0.25) is 0 Å². The van der Waals surface area contributed by atoms with Crippen molar-refractivity contribution in [2.24, 2.45) is 29.1 Å². The summed E-state index contributed by atoms with van der Waals surface area (Å²) >= 11 is 0. The Kier molecular flexibility index (Phi) is 9.20. The van der Waals surface area contributed by atoms with Gasteiger partial charge in [0.25, 0.3) is 0 Å². The van der Waals surface area contributed by atoms with Crippen LogP contribution >= 0.6 is 0 Å². The van der Waals surface area contributed by atoms with Gasteiger partial charge in [0, 0.05) is 0 Å². The highest BCUT2D eigenvalue weighted by atomic mass is 32.2. The molecule has 2 bridgehead atoms. The molecule has 36 heavy (non-hydrogen) atoms. The number of fused-ring (bicyclic) bond motifs is 2. The normalized spacial score (nSPS) is 29.5. The summed E-state index contributed by atoms with van der Waals surface area (Å²) in [6.45, 7) is 7.81. The van der Waals surface area contributed by atoms with Crippen LogP contribution in [0.25, 0.3) is 0 Å². The second-order valence-corrected chi connectivity index (χ2v) is 12.9. The maximum atomic E-state index is 13.5. The highest BCUT2D eigenvalue weighted by Gasteiger charge is 2.55. The molecule has 3 fully saturated rings. The van der Waals surface area contributed by atoms with E-state index in [2.05, 4.69) is 11.3 Å². The molecular formula is C25H38F2O8S. The van der Waals surface area contributed by atoms with Crippen LogP contribution < -0.4 is 0 Å². The van der Waals surface area contributed by atoms with Crippen molar-refractivity contribution in [1.29, 1.82) is 0 Å². The van der Waals surface area contributed by atoms with Crippen LogP contribution in [0.1, 0.15) is 78.1 Å². The maximum absolute atomic E-state index is 13.5. The van der Waals surface area contributed by atoms with Crippen molar-refractivity contribution in [3.05, 3.63) is 12.2 Å². The molecule has 0 spiro atoms. The quantitative estimate of drug-likeness (QED) is 0.138. The van der Waals surface area contributed by atoms with Gasteiger partial charge in [-0.3, -0.25) is 9.35 Å². The van der Waals surface area contributed by atoms with E-state index in [0.29, 0.717) is 37.4 Å². The molecule has 4 atom stereocenters. The van der Waals surface area contributed by atoms with E-state index in [-0.39, 0.29) is 19.1 Å². The SMILES string of the molecule is C=C1CC(CC(C)(C)C(=O)OCOCC2CC3CCCC(C3)C2)CCC1OC(=O)C(F)(F)S(=O)(=O)O. The molecule has 0 aromatic carbocycles. The van der Waals surface area contributed by atoms with Crippen molar-refractivity contribution in [3.63, 3.8) is 0 Å². The van der Waals surface area contributed by atoms with Gasteiger partial charge >= 0.3 is 27.3 Å². The Labute approximate surface area is 211 Å². The standard InChI is InChI=1S/C25H38F2O8S/c1-16-9-19(7-8-21(16)35-23(29)25(26,27)36(30,31)32)13-24(2,3)22(28)34-15-33-14-20-11-17-5-4-6-18(10-17)12-20/h17-21H,1,4-15H2,2-3H3,(H,30,31,32). The first kappa shape index (κ1) is 29.0. The third-order valence-corrected chi connectivity index (χ3v) is 8.67. The monoisotopic (exact) mass is 536 g/mol. The molecule has 4 unspecified atom stereocenters. The van der Waals surface area contributed by atoms with Gasteiger partial charge in [0.15, 0.2) is 6.79 Å². The average Bonchev–Trinajstić information content (AvgIpc) is 2.77. The Morgan fingerprint density at radius 3 is 2.25 bits per heavy atom. The van der Waals surface area contributed by atoms with Gasteiger partial charge in [0.05, 0.1) is 12.0 Å². The van der Waals surface area contributed by atoms with Gasteiger partial charge < -0.3 is 14.2 Å². The third kappa shape index (κ3) is 7.25. The molecular weight excluding hydrogens is 498 g/mol. The zero-order valence-corrected chi connectivity index (χ0v) is 21.9. The van der Waals surface area contributed by atoms with Crippen molar-refractivity contribution < 1.29 is 45.6 Å². The molecule has 0 saturated heterocycles. The van der Waals surface area contributed by atoms with Crippen molar-refractivity contribution >= 4 is 22.1 Å². The van der Waals surface area contributed by atoms with Crippen LogP contribution in [-0.4, -0.2) is 49.7 Å². The van der Waals surface area contributed by atoms with Gasteiger partial charge in [-0.25, -0.2) is 4.79 Å². The zero-order chi connectivity index (χ0) is 26.7. The Hall–Kier alpha value is -1.59. The number of ether oxygens (including phenoxy) is 3. The molecule has 11 heteroatoms. The van der Waals surface area contributed by atoms with Crippen molar-refractivity contribution in [2.45, 2.75) is 89.4 Å². The fraction of sp³-hybridized carbons (Fsp3) is 0.840. The van der Waals surface area contributed by atoms with E-state index >= 15 is 0 Å². The molecule has 0 aromatic heterocycles. The minimum absolute atomic E-state index is 0.0281. The number of halogens is 2. The Morgan fingerprint density at radius 2 is 1.67 bits per heavy atom. The Morgan fingerprint density at radius 1 is 1.03 bits per heavy atom. The summed E-state index contributed by atoms with van der Waals surface area (Å²) in [6.07, 6.45) is 7.92. The van der Waals surface area contributed by atoms with E-state index in [9.17, 15) is 26.8 Å². The molecule has 0 aliphatic heterocycles. The van der Waals surface area contributed by atoms with Crippen LogP contribution in [0, 0.1) is 29.1 Å². The first-order valence-electron chi connectivity index (χ1n) is 12.7. The first-order chi connectivity index (χ1) is 16.7. The number of alkyl halides is 2. The largest absolute Gasteiger partial charge is 0.465 e. The Bertz CT molecular complexity index is 920. The van der Waals surface area contributed by atoms with E-state index in [0.717, 1.165) is 11.8 Å². The van der Waals surface area contributed by atoms with E-state index < -0.39 is 38.8 Å². The fourth-order valence-electron chi connectivity index (χ4n) is 6.13. The smallest absolute Gasteiger partial charge is 0.453 e. The summed E-state index contributed by atoms with van der Waals surface area (Å²) in [6, 6.07) is 0. The third-order valence-electron chi connectivity index (χ3n) is 7.86. The number of rotatable bonds is 10. The molecule has 1 N–H and O–H groups in total. The van der Waals surface area contributed by atoms with E-state index in [1.165, 1.54) is 38.5 Å². The summed E-state index contributed by atoms with van der Waals surface area (Å²) in [5.74, 6) is -0.627. The minimum atomic E-state index is -5.93. The molecule has 3 rings (SSSR count). The van der Waals surface area contributed by atoms with Crippen molar-refractivity contribution in [2.75, 3.05) is 13.4 Å². The molecule has 3 aliphatic rings. The van der Waals surface area contributed by atoms with E-state index in [1.807, 2.05) is 0 Å². The first-order valence-corrected chi connectivity index (χ1v) is 14.1. The maximum Gasteiger partial charge on any atom is 0.465 e. The number of carbonyl (C=O) groups is 2. The van der Waals surface area contributed by atoms with Crippen molar-refractivity contribution in [1.82, 2.24) is 0 Å². The number of hydrogen-bond donors (Lipinski definition) is 1. The lowest BCUT2D eigenvalue weighted by atomic mass is 9.68. The minimum Gasteiger partial charge on any atom is -0.453 e. The van der Waals surface area contributed by atoms with Gasteiger partial charge in [0.1, 0.15) is 6.10 Å². The van der Waals surface area contributed by atoms with Gasteiger partial charge in [0.2, 0.25) is 0 Å². The molecule has 8 nitrogen and oxygen atoms in total. The summed E-state index contributed by atoms with van der Waals surface area (Å²) in [5, 5.41) is -5.05. The molecule has 0 heterocycles. The van der Waals surface area contributed by atoms with Gasteiger partial charge in [-0.1, -0.05) is 25.8 Å². The van der Waals surface area contributed by atoms with Crippen molar-refractivity contribution in [3.8, 4) is 0 Å². The fourth-order valence-corrected chi connectivity index (χ4v) is 6.39. The van der Waals surface area contributed by atoms with Crippen LogP contribution in [0.15, 0.2) is 12.2 Å². The lowest BCUT2D eigenvalue weighted by molar-refractivity contribution is -0.169. The second-order valence-electron chi connectivity index (χ2n) is 11.4. The van der Waals surface area contributed by atoms with Crippen LogP contribution in [0.4, 0.5) is 8.78 Å². The van der Waals surface area contributed by atoms with Gasteiger partial charge in [-0.05, 0) is 88.0 Å². The summed E-state index contributed by atoms with van der Waals surface area (Å²) < 4.78 is 72.7. The Balaban J connectivity index is 1.39. The molecule has 3 aliphatic carbocycles. The van der Waals surface area contributed by atoms with Gasteiger partial charge in [-0.15, -0.1) is 0 Å². The second kappa shape index (κ2) is 11.4. The van der Waals surface area contributed by atoms with Crippen LogP contribution in [0.3, 0.4) is 0 Å². The average molecular weight is 537 g/mol. The molecule has 3 saturated carbocycles. The predicted octanol–water partition coefficient (Wildman–Crippen LogP) is 4.89. The predicted molar refractivity (Wildman–Crippen MR) is 126 cm³/mol. The molecule has 0 aromatic rings. The topological polar surface area (TPSA) is 116 Å². The molecule has 0 amide bonds. The van der Waals surface area contributed by atoms with Crippen LogP contribution in [0.5, 0.6) is 0 Å². The number of hydrogen-bond acceptors (Lipinski definition) is 7. The zero-order valence-electron chi connectivity index (χ0n) is 21.0. The molecule has 206 valence electrons. The summed E-state index contributed by atoms with van der Waals surface area (Å²) in [7, 11) is -5.93. The lowest BCUT2D eigenvalue weighted by Crippen LogP contribution is -2.42. The summed E-state index contributed by atoms with van der Waals surface area (Å²) in [5.41, 5.74) is -0.479. The van der Waals surface area contributed by atoms with Gasteiger partial charge in [-0.2, -0.15) is 17.2 Å². The highest BCUT2D eigenvalue weighted by Crippen LogP contribution is 2.43.